The van der Waals surface area contributed by atoms with Crippen molar-refractivity contribution in [3.05, 3.63) is 65.4 Å². The zero-order chi connectivity index (χ0) is 24.5. The zero-order valence-corrected chi connectivity index (χ0v) is 19.8. The normalized spacial score (nSPS) is 16.6. The number of carbonyl (C=O) groups excluding carboxylic acids is 2. The van der Waals surface area contributed by atoms with Crippen LogP contribution in [0.25, 0.3) is 11.1 Å². The van der Waals surface area contributed by atoms with Gasteiger partial charge in [-0.05, 0) is 66.3 Å². The Hall–Kier alpha value is -3.91. The summed E-state index contributed by atoms with van der Waals surface area (Å²) < 4.78 is 5.28. The lowest BCUT2D eigenvalue weighted by atomic mass is 9.99. The van der Waals surface area contributed by atoms with Crippen molar-refractivity contribution in [2.45, 2.75) is 32.2 Å². The first-order valence-corrected chi connectivity index (χ1v) is 11.7. The molecule has 0 radical (unpaired) electrons. The number of fused-ring (bicyclic) bond motifs is 2. The molecule has 0 unspecified atom stereocenters. The van der Waals surface area contributed by atoms with Gasteiger partial charge in [0.15, 0.2) is 0 Å². The Kier molecular flexibility index (Phi) is 6.13. The molecule has 1 aromatic heterocycles. The predicted molar refractivity (Wildman–Crippen MR) is 134 cm³/mol. The monoisotopic (exact) mass is 472 g/mol. The highest BCUT2D eigenvalue weighted by molar-refractivity contribution is 6.12. The number of nitrogens with zero attached hydrogens (tertiary/aromatic N) is 2. The summed E-state index contributed by atoms with van der Waals surface area (Å²) >= 11 is 0. The summed E-state index contributed by atoms with van der Waals surface area (Å²) in [4.78, 5) is 31.8. The van der Waals surface area contributed by atoms with E-state index in [4.69, 9.17) is 4.74 Å². The Morgan fingerprint density at radius 2 is 1.97 bits per heavy atom. The van der Waals surface area contributed by atoms with Gasteiger partial charge in [0, 0.05) is 18.8 Å². The molecule has 3 heterocycles. The molecule has 2 aromatic carbocycles. The topological polar surface area (TPSA) is 104 Å². The van der Waals surface area contributed by atoms with Crippen LogP contribution in [0.2, 0.25) is 0 Å². The fraction of sp³-hybridized carbons (Fsp3) is 0.296. The standard InChI is InChI=1S/C27H28N4O4/c1-16-14-28-25(35-2)13-21(16)18-6-7-20-23(12-18)29-22-8-5-17(10-24(22)30-27(20)34)11-26(33)31-9-3-4-19(31)15-32/h5-8,10,12-14,19,29,32H,3-4,9,11,15H2,1-2H3,(H,30,34)/t19-/m0/s1. The number of aromatic nitrogens is 1. The number of carbonyl (C=O) groups is 2. The number of aliphatic hydroxyl groups excluding tert-OH is 1. The van der Waals surface area contributed by atoms with Crippen LogP contribution in [-0.4, -0.2) is 53.1 Å². The Morgan fingerprint density at radius 1 is 1.11 bits per heavy atom. The van der Waals surface area contributed by atoms with Crippen LogP contribution in [0.1, 0.15) is 34.3 Å². The van der Waals surface area contributed by atoms with Gasteiger partial charge in [-0.1, -0.05) is 12.1 Å². The van der Waals surface area contributed by atoms with Gasteiger partial charge in [-0.3, -0.25) is 9.59 Å². The molecule has 8 nitrogen and oxygen atoms in total. The highest BCUT2D eigenvalue weighted by atomic mass is 16.5. The number of methoxy groups -OCH3 is 1. The number of rotatable bonds is 5. The van der Waals surface area contributed by atoms with Gasteiger partial charge in [0.1, 0.15) is 0 Å². The molecular weight excluding hydrogens is 444 g/mol. The van der Waals surface area contributed by atoms with E-state index in [0.29, 0.717) is 29.4 Å². The van der Waals surface area contributed by atoms with Crippen LogP contribution in [0.3, 0.4) is 0 Å². The average molecular weight is 473 g/mol. The van der Waals surface area contributed by atoms with Gasteiger partial charge in [0.2, 0.25) is 11.8 Å². The molecule has 1 atom stereocenters. The summed E-state index contributed by atoms with van der Waals surface area (Å²) in [5.74, 6) is 0.300. The van der Waals surface area contributed by atoms with E-state index in [1.807, 2.05) is 43.3 Å². The van der Waals surface area contributed by atoms with Crippen LogP contribution in [0, 0.1) is 6.92 Å². The Morgan fingerprint density at radius 3 is 2.77 bits per heavy atom. The number of amides is 2. The minimum atomic E-state index is -0.217. The van der Waals surface area contributed by atoms with E-state index in [0.717, 1.165) is 40.8 Å². The van der Waals surface area contributed by atoms with Crippen molar-refractivity contribution in [1.29, 1.82) is 0 Å². The van der Waals surface area contributed by atoms with Crippen molar-refractivity contribution in [2.75, 3.05) is 30.9 Å². The first kappa shape index (κ1) is 22.9. The highest BCUT2D eigenvalue weighted by Crippen LogP contribution is 2.36. The predicted octanol–water partition coefficient (Wildman–Crippen LogP) is 3.90. The number of benzene rings is 2. The molecule has 180 valence electrons. The lowest BCUT2D eigenvalue weighted by molar-refractivity contribution is -0.131. The summed E-state index contributed by atoms with van der Waals surface area (Å²) in [6.07, 6.45) is 3.73. The first-order valence-electron chi connectivity index (χ1n) is 11.7. The third kappa shape index (κ3) is 4.44. The Bertz CT molecular complexity index is 1310. The van der Waals surface area contributed by atoms with Crippen molar-refractivity contribution >= 4 is 28.9 Å². The molecule has 0 saturated carbocycles. The smallest absolute Gasteiger partial charge is 0.257 e. The van der Waals surface area contributed by atoms with Crippen LogP contribution in [0.15, 0.2) is 48.7 Å². The van der Waals surface area contributed by atoms with E-state index in [1.165, 1.54) is 0 Å². The number of likely N-dealkylation sites (tertiary alicyclic amines) is 1. The van der Waals surface area contributed by atoms with Gasteiger partial charge in [0.25, 0.3) is 5.91 Å². The van der Waals surface area contributed by atoms with Gasteiger partial charge in [-0.25, -0.2) is 4.98 Å². The SMILES string of the molecule is COc1cc(-c2ccc3c(c2)Nc2ccc(CC(=O)N4CCC[C@H]4CO)cc2NC3=O)c(C)cn1. The number of aryl methyl sites for hydroxylation is 1. The molecule has 2 aliphatic rings. The third-order valence-electron chi connectivity index (χ3n) is 6.73. The molecule has 5 rings (SSSR count). The molecule has 3 N–H and O–H groups in total. The molecular formula is C27H28N4O4. The summed E-state index contributed by atoms with van der Waals surface area (Å²) in [5.41, 5.74) is 6.33. The maximum Gasteiger partial charge on any atom is 0.257 e. The van der Waals surface area contributed by atoms with Crippen LogP contribution in [0.5, 0.6) is 5.88 Å². The van der Waals surface area contributed by atoms with Gasteiger partial charge in [-0.2, -0.15) is 0 Å². The van der Waals surface area contributed by atoms with E-state index >= 15 is 0 Å². The minimum absolute atomic E-state index is 0.00881. The highest BCUT2D eigenvalue weighted by Gasteiger charge is 2.28. The van der Waals surface area contributed by atoms with Crippen LogP contribution >= 0.6 is 0 Å². The molecule has 8 heteroatoms. The maximum absolute atomic E-state index is 13.0. The maximum atomic E-state index is 13.0. The molecule has 2 amide bonds. The van der Waals surface area contributed by atoms with Gasteiger partial charge in [0.05, 0.1) is 48.8 Å². The Balaban J connectivity index is 1.42. The van der Waals surface area contributed by atoms with Crippen LogP contribution < -0.4 is 15.4 Å². The molecule has 1 fully saturated rings. The quantitative estimate of drug-likeness (QED) is 0.520. The van der Waals surface area contributed by atoms with E-state index in [1.54, 1.807) is 24.3 Å². The van der Waals surface area contributed by atoms with Crippen molar-refractivity contribution in [3.63, 3.8) is 0 Å². The lowest BCUT2D eigenvalue weighted by Gasteiger charge is -2.23. The number of hydrogen-bond acceptors (Lipinski definition) is 6. The molecule has 2 aliphatic heterocycles. The van der Waals surface area contributed by atoms with Crippen molar-refractivity contribution in [1.82, 2.24) is 9.88 Å². The van der Waals surface area contributed by atoms with E-state index in [-0.39, 0.29) is 30.9 Å². The van der Waals surface area contributed by atoms with Crippen LogP contribution in [0.4, 0.5) is 17.1 Å². The summed E-state index contributed by atoms with van der Waals surface area (Å²) in [5, 5.41) is 15.9. The summed E-state index contributed by atoms with van der Waals surface area (Å²) in [6, 6.07) is 13.1. The lowest BCUT2D eigenvalue weighted by Crippen LogP contribution is -2.38. The molecule has 1 saturated heterocycles. The zero-order valence-electron chi connectivity index (χ0n) is 19.8. The largest absolute Gasteiger partial charge is 0.481 e. The minimum Gasteiger partial charge on any atom is -0.481 e. The molecule has 3 aromatic rings. The second kappa shape index (κ2) is 9.38. The van der Waals surface area contributed by atoms with E-state index < -0.39 is 0 Å². The third-order valence-corrected chi connectivity index (χ3v) is 6.73. The van der Waals surface area contributed by atoms with Crippen molar-refractivity contribution in [3.8, 4) is 17.0 Å². The van der Waals surface area contributed by atoms with E-state index in [2.05, 4.69) is 15.6 Å². The van der Waals surface area contributed by atoms with Gasteiger partial charge < -0.3 is 25.4 Å². The fourth-order valence-corrected chi connectivity index (χ4v) is 4.82. The summed E-state index contributed by atoms with van der Waals surface area (Å²) in [6.45, 7) is 2.65. The molecule has 35 heavy (non-hydrogen) atoms. The Labute approximate surface area is 203 Å². The molecule has 0 aliphatic carbocycles. The number of aliphatic hydroxyl groups is 1. The summed E-state index contributed by atoms with van der Waals surface area (Å²) in [7, 11) is 1.58. The first-order chi connectivity index (χ1) is 17.0. The van der Waals surface area contributed by atoms with Gasteiger partial charge >= 0.3 is 0 Å². The fourth-order valence-electron chi connectivity index (χ4n) is 4.82. The number of nitrogens with one attached hydrogen (secondary N) is 2. The second-order valence-electron chi connectivity index (χ2n) is 9.00. The molecule has 0 spiro atoms. The number of hydrogen-bond donors (Lipinski definition) is 3. The van der Waals surface area contributed by atoms with Crippen molar-refractivity contribution in [2.24, 2.45) is 0 Å². The second-order valence-corrected chi connectivity index (χ2v) is 9.00. The van der Waals surface area contributed by atoms with Crippen molar-refractivity contribution < 1.29 is 19.4 Å². The number of anilines is 3. The number of ether oxygens (including phenoxy) is 1. The van der Waals surface area contributed by atoms with Crippen LogP contribution in [-0.2, 0) is 11.2 Å². The van der Waals surface area contributed by atoms with Gasteiger partial charge in [-0.15, -0.1) is 0 Å². The van der Waals surface area contributed by atoms with E-state index in [9.17, 15) is 14.7 Å². The average Bonchev–Trinajstić information content (AvgIpc) is 3.30. The number of pyridine rings is 1. The molecule has 0 bridgehead atoms.